The Bertz CT molecular complexity index is 737. The predicted octanol–water partition coefficient (Wildman–Crippen LogP) is 5.26. The standard InChI is InChI=1S/C15H7F6N/c16-14(17,18)11-3-1-2-9(6-11)13-7-12(15(19,20)21)5-4-10(13)8-22/h1-7H. The molecular weight excluding hydrogens is 308 g/mol. The van der Waals surface area contributed by atoms with Crippen molar-refractivity contribution < 1.29 is 26.3 Å². The van der Waals surface area contributed by atoms with Crippen LogP contribution in [-0.2, 0) is 12.4 Å². The minimum atomic E-state index is -4.65. The van der Waals surface area contributed by atoms with Crippen molar-refractivity contribution in [3.05, 3.63) is 59.2 Å². The largest absolute Gasteiger partial charge is 0.416 e. The lowest BCUT2D eigenvalue weighted by Gasteiger charge is -2.12. The smallest absolute Gasteiger partial charge is 0.192 e. The number of alkyl halides is 6. The molecule has 2 rings (SSSR count). The van der Waals surface area contributed by atoms with Crippen LogP contribution in [0.25, 0.3) is 11.1 Å². The highest BCUT2D eigenvalue weighted by molar-refractivity contribution is 5.72. The monoisotopic (exact) mass is 315 g/mol. The first-order valence-corrected chi connectivity index (χ1v) is 5.92. The first-order valence-electron chi connectivity index (χ1n) is 5.92. The van der Waals surface area contributed by atoms with Gasteiger partial charge >= 0.3 is 12.4 Å². The van der Waals surface area contributed by atoms with Crippen molar-refractivity contribution in [3.8, 4) is 17.2 Å². The van der Waals surface area contributed by atoms with Crippen LogP contribution in [0.3, 0.4) is 0 Å². The van der Waals surface area contributed by atoms with Gasteiger partial charge in [-0.1, -0.05) is 12.1 Å². The van der Waals surface area contributed by atoms with Crippen LogP contribution in [0.1, 0.15) is 16.7 Å². The first kappa shape index (κ1) is 15.9. The predicted molar refractivity (Wildman–Crippen MR) is 66.6 cm³/mol. The van der Waals surface area contributed by atoms with E-state index in [0.29, 0.717) is 6.07 Å². The molecule has 2 aromatic carbocycles. The molecule has 0 saturated carbocycles. The van der Waals surface area contributed by atoms with Gasteiger partial charge in [-0.2, -0.15) is 31.6 Å². The summed E-state index contributed by atoms with van der Waals surface area (Å²) >= 11 is 0. The second-order valence-corrected chi connectivity index (χ2v) is 4.45. The summed E-state index contributed by atoms with van der Waals surface area (Å²) in [5.74, 6) is 0. The van der Waals surface area contributed by atoms with E-state index in [9.17, 15) is 26.3 Å². The molecule has 0 aliphatic heterocycles. The molecule has 7 heteroatoms. The second kappa shape index (κ2) is 5.37. The van der Waals surface area contributed by atoms with Crippen LogP contribution in [0, 0.1) is 11.3 Å². The van der Waals surface area contributed by atoms with Crippen molar-refractivity contribution in [2.45, 2.75) is 12.4 Å². The fraction of sp³-hybridized carbons (Fsp3) is 0.133. The van der Waals surface area contributed by atoms with E-state index >= 15 is 0 Å². The molecule has 2 aromatic rings. The Balaban J connectivity index is 2.64. The summed E-state index contributed by atoms with van der Waals surface area (Å²) in [4.78, 5) is 0. The minimum absolute atomic E-state index is 0.0996. The maximum absolute atomic E-state index is 12.7. The van der Waals surface area contributed by atoms with Gasteiger partial charge < -0.3 is 0 Å². The summed E-state index contributed by atoms with van der Waals surface area (Å²) in [6, 6.07) is 7.86. The van der Waals surface area contributed by atoms with E-state index in [4.69, 9.17) is 5.26 Å². The molecule has 0 aliphatic rings. The highest BCUT2D eigenvalue weighted by atomic mass is 19.4. The van der Waals surface area contributed by atoms with Gasteiger partial charge in [-0.3, -0.25) is 0 Å². The Morgan fingerprint density at radius 3 is 1.91 bits per heavy atom. The van der Waals surface area contributed by atoms with Crippen molar-refractivity contribution in [1.82, 2.24) is 0 Å². The molecule has 1 nitrogen and oxygen atoms in total. The van der Waals surface area contributed by atoms with E-state index in [1.54, 1.807) is 6.07 Å². The van der Waals surface area contributed by atoms with Crippen molar-refractivity contribution in [3.63, 3.8) is 0 Å². The van der Waals surface area contributed by atoms with Crippen LogP contribution >= 0.6 is 0 Å². The van der Waals surface area contributed by atoms with Crippen LogP contribution in [0.15, 0.2) is 42.5 Å². The first-order chi connectivity index (χ1) is 10.1. The van der Waals surface area contributed by atoms with Crippen LogP contribution in [0.2, 0.25) is 0 Å². The van der Waals surface area contributed by atoms with Gasteiger partial charge in [-0.15, -0.1) is 0 Å². The Kier molecular flexibility index (Phi) is 3.88. The normalized spacial score (nSPS) is 12.0. The van der Waals surface area contributed by atoms with Crippen molar-refractivity contribution in [1.29, 1.82) is 5.26 Å². The summed E-state index contributed by atoms with van der Waals surface area (Å²) in [5, 5.41) is 8.95. The molecule has 22 heavy (non-hydrogen) atoms. The van der Waals surface area contributed by atoms with Crippen LogP contribution < -0.4 is 0 Å². The number of benzene rings is 2. The Hall–Kier alpha value is -2.49. The maximum atomic E-state index is 12.7. The number of hydrogen-bond acceptors (Lipinski definition) is 1. The molecule has 0 bridgehead atoms. The van der Waals surface area contributed by atoms with Gasteiger partial charge in [0.05, 0.1) is 22.8 Å². The zero-order valence-electron chi connectivity index (χ0n) is 10.8. The molecule has 0 aromatic heterocycles. The number of nitrogens with zero attached hydrogens (tertiary/aromatic N) is 1. The van der Waals surface area contributed by atoms with Gasteiger partial charge in [-0.05, 0) is 35.9 Å². The molecule has 114 valence electrons. The maximum Gasteiger partial charge on any atom is 0.416 e. The second-order valence-electron chi connectivity index (χ2n) is 4.45. The van der Waals surface area contributed by atoms with Gasteiger partial charge in [0.1, 0.15) is 0 Å². The summed E-state index contributed by atoms with van der Waals surface area (Å²) in [7, 11) is 0. The van der Waals surface area contributed by atoms with E-state index in [-0.39, 0.29) is 16.7 Å². The summed E-state index contributed by atoms with van der Waals surface area (Å²) in [6.45, 7) is 0. The topological polar surface area (TPSA) is 23.8 Å². The molecule has 0 saturated heterocycles. The highest BCUT2D eigenvalue weighted by Gasteiger charge is 2.32. The molecule has 0 radical (unpaired) electrons. The van der Waals surface area contributed by atoms with Gasteiger partial charge in [0, 0.05) is 5.56 Å². The van der Waals surface area contributed by atoms with Gasteiger partial charge in [0.15, 0.2) is 0 Å². The lowest BCUT2D eigenvalue weighted by atomic mass is 9.96. The van der Waals surface area contributed by atoms with E-state index in [1.165, 1.54) is 6.07 Å². The van der Waals surface area contributed by atoms with Gasteiger partial charge in [-0.25, -0.2) is 0 Å². The third kappa shape index (κ3) is 3.22. The van der Waals surface area contributed by atoms with Crippen LogP contribution in [-0.4, -0.2) is 0 Å². The molecule has 0 unspecified atom stereocenters. The average molecular weight is 315 g/mol. The highest BCUT2D eigenvalue weighted by Crippen LogP contribution is 2.36. The third-order valence-electron chi connectivity index (χ3n) is 2.97. The average Bonchev–Trinajstić information content (AvgIpc) is 2.45. The third-order valence-corrected chi connectivity index (χ3v) is 2.97. The molecule has 0 aliphatic carbocycles. The van der Waals surface area contributed by atoms with E-state index in [1.807, 2.05) is 0 Å². The van der Waals surface area contributed by atoms with E-state index < -0.39 is 23.5 Å². The fourth-order valence-electron chi connectivity index (χ4n) is 1.92. The molecule has 0 fully saturated rings. The summed E-state index contributed by atoms with van der Waals surface area (Å²) in [5.41, 5.74) is -2.45. The molecule has 0 spiro atoms. The SMILES string of the molecule is N#Cc1ccc(C(F)(F)F)cc1-c1cccc(C(F)(F)F)c1. The Morgan fingerprint density at radius 1 is 0.773 bits per heavy atom. The van der Waals surface area contributed by atoms with Gasteiger partial charge in [0.2, 0.25) is 0 Å². The van der Waals surface area contributed by atoms with Crippen molar-refractivity contribution in [2.75, 3.05) is 0 Å². The molecular formula is C15H7F6N. The molecule has 0 atom stereocenters. The lowest BCUT2D eigenvalue weighted by Crippen LogP contribution is -2.06. The van der Waals surface area contributed by atoms with E-state index in [0.717, 1.165) is 30.3 Å². The van der Waals surface area contributed by atoms with E-state index in [2.05, 4.69) is 0 Å². The Morgan fingerprint density at radius 2 is 1.36 bits per heavy atom. The zero-order valence-corrected chi connectivity index (χ0v) is 10.8. The summed E-state index contributed by atoms with van der Waals surface area (Å²) in [6.07, 6.45) is -9.27. The molecule has 0 amide bonds. The van der Waals surface area contributed by atoms with Crippen LogP contribution in [0.5, 0.6) is 0 Å². The number of nitriles is 1. The fourth-order valence-corrected chi connectivity index (χ4v) is 1.92. The number of hydrogen-bond donors (Lipinski definition) is 0. The number of halogens is 6. The number of rotatable bonds is 1. The zero-order chi connectivity index (χ0) is 16.5. The minimum Gasteiger partial charge on any atom is -0.192 e. The Labute approximate surface area is 121 Å². The summed E-state index contributed by atoms with van der Waals surface area (Å²) < 4.78 is 76.2. The van der Waals surface area contributed by atoms with Crippen molar-refractivity contribution >= 4 is 0 Å². The quantitative estimate of drug-likeness (QED) is 0.658. The van der Waals surface area contributed by atoms with Gasteiger partial charge in [0.25, 0.3) is 0 Å². The molecule has 0 N–H and O–H groups in total. The van der Waals surface area contributed by atoms with Crippen LogP contribution in [0.4, 0.5) is 26.3 Å². The lowest BCUT2D eigenvalue weighted by molar-refractivity contribution is -0.138. The molecule has 0 heterocycles. The van der Waals surface area contributed by atoms with Crippen molar-refractivity contribution in [2.24, 2.45) is 0 Å².